The van der Waals surface area contributed by atoms with Crippen LogP contribution in [0.2, 0.25) is 0 Å². The lowest BCUT2D eigenvalue weighted by molar-refractivity contribution is 1.12. The molecule has 0 spiro atoms. The van der Waals surface area contributed by atoms with Crippen molar-refractivity contribution in [2.24, 2.45) is 0 Å². The summed E-state index contributed by atoms with van der Waals surface area (Å²) in [5.41, 5.74) is 7.35. The van der Waals surface area contributed by atoms with Gasteiger partial charge in [0, 0.05) is 35.2 Å². The normalized spacial score (nSPS) is 11.6. The van der Waals surface area contributed by atoms with E-state index in [0.717, 1.165) is 43.7 Å². The largest absolute Gasteiger partial charge is 0.337 e. The molecule has 4 aromatic heterocycles. The number of hydrogen-bond acceptors (Lipinski definition) is 6. The fraction of sp³-hybridized carbons (Fsp3) is 0. The summed E-state index contributed by atoms with van der Waals surface area (Å²) >= 11 is 1.63. The topological polar surface area (TPSA) is 83.8 Å². The van der Waals surface area contributed by atoms with E-state index in [1.54, 1.807) is 17.5 Å². The Balaban J connectivity index is 1.48. The average molecular weight is 383 g/mol. The highest BCUT2D eigenvalue weighted by atomic mass is 32.1. The SMILES string of the molecule is c1cn2cc(-c3ccc4cn[nH]c4c3)nc(Nc3ccc4scnc4c3)c2n1. The molecule has 0 amide bonds. The van der Waals surface area contributed by atoms with Crippen molar-refractivity contribution in [3.8, 4) is 11.3 Å². The average Bonchev–Trinajstić information content (AvgIpc) is 3.46. The van der Waals surface area contributed by atoms with Crippen molar-refractivity contribution < 1.29 is 0 Å². The number of rotatable bonds is 3. The molecule has 0 bridgehead atoms. The first-order valence-corrected chi connectivity index (χ1v) is 9.59. The van der Waals surface area contributed by atoms with E-state index in [9.17, 15) is 0 Å². The minimum absolute atomic E-state index is 0.696. The van der Waals surface area contributed by atoms with Gasteiger partial charge in [-0.3, -0.25) is 5.10 Å². The number of aromatic amines is 1. The Morgan fingerprint density at radius 1 is 1.07 bits per heavy atom. The van der Waals surface area contributed by atoms with Crippen LogP contribution in [-0.4, -0.2) is 29.5 Å². The zero-order valence-corrected chi connectivity index (χ0v) is 15.3. The van der Waals surface area contributed by atoms with Crippen LogP contribution in [0, 0.1) is 0 Å². The van der Waals surface area contributed by atoms with Crippen molar-refractivity contribution >= 4 is 49.6 Å². The standard InChI is InChI=1S/C20H13N7S/c1-2-13-9-23-26-15(13)7-12(1)17-10-27-6-5-21-20(27)19(25-17)24-14-3-4-18-16(8-14)22-11-28-18/h1-11H,(H,23,26)(H,24,25). The summed E-state index contributed by atoms with van der Waals surface area (Å²) in [6.45, 7) is 0. The van der Waals surface area contributed by atoms with E-state index in [4.69, 9.17) is 4.98 Å². The molecule has 0 aliphatic heterocycles. The van der Waals surface area contributed by atoms with Crippen LogP contribution in [0.1, 0.15) is 0 Å². The number of nitrogens with one attached hydrogen (secondary N) is 2. The molecular formula is C20H13N7S. The van der Waals surface area contributed by atoms with Gasteiger partial charge in [0.05, 0.1) is 33.1 Å². The molecule has 2 N–H and O–H groups in total. The van der Waals surface area contributed by atoms with E-state index in [-0.39, 0.29) is 0 Å². The highest BCUT2D eigenvalue weighted by molar-refractivity contribution is 7.16. The molecule has 6 rings (SSSR count). The summed E-state index contributed by atoms with van der Waals surface area (Å²) < 4.78 is 3.13. The summed E-state index contributed by atoms with van der Waals surface area (Å²) in [6, 6.07) is 12.3. The summed E-state index contributed by atoms with van der Waals surface area (Å²) in [6.07, 6.45) is 7.49. The van der Waals surface area contributed by atoms with Gasteiger partial charge < -0.3 is 9.72 Å². The highest BCUT2D eigenvalue weighted by Gasteiger charge is 2.11. The fourth-order valence-corrected chi connectivity index (χ4v) is 3.98. The lowest BCUT2D eigenvalue weighted by Gasteiger charge is -2.10. The van der Waals surface area contributed by atoms with Crippen molar-refractivity contribution in [1.82, 2.24) is 29.5 Å². The third kappa shape index (κ3) is 2.43. The second kappa shape index (κ2) is 5.86. The summed E-state index contributed by atoms with van der Waals surface area (Å²) in [5.74, 6) is 0.696. The van der Waals surface area contributed by atoms with Crippen molar-refractivity contribution in [3.05, 3.63) is 66.7 Å². The predicted octanol–water partition coefficient (Wildman–Crippen LogP) is 4.63. The third-order valence-corrected chi connectivity index (χ3v) is 5.51. The van der Waals surface area contributed by atoms with Gasteiger partial charge >= 0.3 is 0 Å². The summed E-state index contributed by atoms with van der Waals surface area (Å²) in [4.78, 5) is 13.7. The summed E-state index contributed by atoms with van der Waals surface area (Å²) in [7, 11) is 0. The van der Waals surface area contributed by atoms with E-state index in [1.165, 1.54) is 0 Å². The molecule has 0 saturated carbocycles. The quantitative estimate of drug-likeness (QED) is 0.466. The molecule has 0 aliphatic carbocycles. The zero-order chi connectivity index (χ0) is 18.5. The molecule has 134 valence electrons. The molecule has 0 atom stereocenters. The summed E-state index contributed by atoms with van der Waals surface area (Å²) in [5, 5.41) is 11.6. The Hall–Kier alpha value is -3.78. The predicted molar refractivity (Wildman–Crippen MR) is 111 cm³/mol. The monoisotopic (exact) mass is 383 g/mol. The smallest absolute Gasteiger partial charge is 0.180 e. The van der Waals surface area contributed by atoms with Gasteiger partial charge in [-0.1, -0.05) is 12.1 Å². The molecule has 8 heteroatoms. The highest BCUT2D eigenvalue weighted by Crippen LogP contribution is 2.28. The Morgan fingerprint density at radius 2 is 2.07 bits per heavy atom. The van der Waals surface area contributed by atoms with Crippen LogP contribution in [0.4, 0.5) is 11.5 Å². The van der Waals surface area contributed by atoms with E-state index in [2.05, 4.69) is 37.6 Å². The second-order valence-corrected chi connectivity index (χ2v) is 7.35. The van der Waals surface area contributed by atoms with Gasteiger partial charge in [-0.05, 0) is 24.3 Å². The molecule has 0 aliphatic rings. The van der Waals surface area contributed by atoms with Gasteiger partial charge in [0.2, 0.25) is 0 Å². The van der Waals surface area contributed by atoms with Crippen LogP contribution in [0.3, 0.4) is 0 Å². The molecule has 0 saturated heterocycles. The number of anilines is 2. The minimum Gasteiger partial charge on any atom is -0.337 e. The lowest BCUT2D eigenvalue weighted by Crippen LogP contribution is -2.00. The van der Waals surface area contributed by atoms with Gasteiger partial charge in [-0.25, -0.2) is 15.0 Å². The van der Waals surface area contributed by atoms with Crippen LogP contribution in [0.15, 0.2) is 66.7 Å². The molecule has 4 heterocycles. The first kappa shape index (κ1) is 15.3. The first-order valence-electron chi connectivity index (χ1n) is 8.71. The number of benzene rings is 2. The molecule has 7 nitrogen and oxygen atoms in total. The van der Waals surface area contributed by atoms with Gasteiger partial charge in [-0.15, -0.1) is 11.3 Å². The maximum absolute atomic E-state index is 4.85. The molecule has 0 fully saturated rings. The van der Waals surface area contributed by atoms with Gasteiger partial charge in [0.25, 0.3) is 0 Å². The van der Waals surface area contributed by atoms with E-state index < -0.39 is 0 Å². The Bertz CT molecular complexity index is 1460. The number of H-pyrrole nitrogens is 1. The molecule has 0 unspecified atom stereocenters. The van der Waals surface area contributed by atoms with Crippen molar-refractivity contribution in [3.63, 3.8) is 0 Å². The van der Waals surface area contributed by atoms with Crippen molar-refractivity contribution in [2.45, 2.75) is 0 Å². The van der Waals surface area contributed by atoms with E-state index in [1.807, 2.05) is 52.8 Å². The van der Waals surface area contributed by atoms with E-state index >= 15 is 0 Å². The number of nitrogens with zero attached hydrogens (tertiary/aromatic N) is 5. The first-order chi connectivity index (χ1) is 13.8. The Morgan fingerprint density at radius 3 is 3.07 bits per heavy atom. The van der Waals surface area contributed by atoms with Crippen molar-refractivity contribution in [1.29, 1.82) is 0 Å². The molecular weight excluding hydrogens is 370 g/mol. The van der Waals surface area contributed by atoms with E-state index in [0.29, 0.717) is 5.82 Å². The van der Waals surface area contributed by atoms with Crippen molar-refractivity contribution in [2.75, 3.05) is 5.32 Å². The molecule has 6 aromatic rings. The van der Waals surface area contributed by atoms with Crippen LogP contribution in [0.5, 0.6) is 0 Å². The fourth-order valence-electron chi connectivity index (χ4n) is 3.32. The molecule has 28 heavy (non-hydrogen) atoms. The van der Waals surface area contributed by atoms with Gasteiger partial charge in [0.1, 0.15) is 0 Å². The minimum atomic E-state index is 0.696. The lowest BCUT2D eigenvalue weighted by atomic mass is 10.1. The van der Waals surface area contributed by atoms with Crippen LogP contribution >= 0.6 is 11.3 Å². The Labute approximate surface area is 162 Å². The number of fused-ring (bicyclic) bond motifs is 3. The molecule has 0 radical (unpaired) electrons. The number of aromatic nitrogens is 6. The van der Waals surface area contributed by atoms with Crippen LogP contribution in [0.25, 0.3) is 38.0 Å². The van der Waals surface area contributed by atoms with Gasteiger partial charge in [0.15, 0.2) is 11.5 Å². The number of imidazole rings is 1. The van der Waals surface area contributed by atoms with Crippen LogP contribution in [-0.2, 0) is 0 Å². The second-order valence-electron chi connectivity index (χ2n) is 6.46. The number of hydrogen-bond donors (Lipinski definition) is 2. The molecule has 2 aromatic carbocycles. The number of thiazole rings is 1. The van der Waals surface area contributed by atoms with Crippen LogP contribution < -0.4 is 5.32 Å². The maximum atomic E-state index is 4.85. The third-order valence-electron chi connectivity index (χ3n) is 4.70. The van der Waals surface area contributed by atoms with Gasteiger partial charge in [-0.2, -0.15) is 5.10 Å². The maximum Gasteiger partial charge on any atom is 0.180 e. The Kier molecular flexibility index (Phi) is 3.20. The zero-order valence-electron chi connectivity index (χ0n) is 14.5.